The second kappa shape index (κ2) is 55.7. The molecule has 0 heterocycles. The van der Waals surface area contributed by atoms with Gasteiger partial charge >= 0.3 is 0 Å². The molecule has 0 aromatic rings. The Kier molecular flexibility index (Phi) is 54.7. The Balaban J connectivity index is 3.63. The van der Waals surface area contributed by atoms with Crippen LogP contribution in [0.25, 0.3) is 0 Å². The smallest absolute Gasteiger partial charge is 0.249 e. The number of allylic oxidation sites excluding steroid dienone is 4. The Morgan fingerprint density at radius 3 is 0.940 bits per heavy atom. The van der Waals surface area contributed by atoms with Gasteiger partial charge in [-0.3, -0.25) is 4.79 Å². The summed E-state index contributed by atoms with van der Waals surface area (Å²) in [6.07, 6.45) is 68.4. The fraction of sp³-hybridized carbons (Fsp3) is 0.918. The minimum Gasteiger partial charge on any atom is -0.394 e. The van der Waals surface area contributed by atoms with E-state index in [4.69, 9.17) is 0 Å². The van der Waals surface area contributed by atoms with Crippen molar-refractivity contribution < 1.29 is 25.2 Å². The van der Waals surface area contributed by atoms with Gasteiger partial charge in [-0.05, 0) is 51.4 Å². The van der Waals surface area contributed by atoms with Gasteiger partial charge in [0.15, 0.2) is 0 Å². The normalized spacial score (nSPS) is 13.8. The van der Waals surface area contributed by atoms with Crippen LogP contribution in [0, 0.1) is 0 Å². The topological polar surface area (TPSA) is 110 Å². The molecule has 4 atom stereocenters. The van der Waals surface area contributed by atoms with E-state index < -0.39 is 36.9 Å². The van der Waals surface area contributed by atoms with Gasteiger partial charge in [0.2, 0.25) is 5.91 Å². The van der Waals surface area contributed by atoms with Gasteiger partial charge in [-0.25, -0.2) is 0 Å². The number of carbonyl (C=O) groups excluding carboxylic acids is 1. The third-order valence-electron chi connectivity index (χ3n) is 14.4. The van der Waals surface area contributed by atoms with Crippen LogP contribution < -0.4 is 5.32 Å². The molecule has 6 nitrogen and oxygen atoms in total. The number of rotatable bonds is 56. The van der Waals surface area contributed by atoms with Crippen molar-refractivity contribution in [2.24, 2.45) is 0 Å². The fourth-order valence-corrected chi connectivity index (χ4v) is 9.66. The molecule has 0 bridgehead atoms. The first-order chi connectivity index (χ1) is 33.0. The molecule has 0 radical (unpaired) electrons. The summed E-state index contributed by atoms with van der Waals surface area (Å²) in [5.41, 5.74) is 0. The Morgan fingerprint density at radius 1 is 0.358 bits per heavy atom. The average Bonchev–Trinajstić information content (AvgIpc) is 3.33. The molecular formula is C61H119NO5. The predicted molar refractivity (Wildman–Crippen MR) is 293 cm³/mol. The van der Waals surface area contributed by atoms with Crippen molar-refractivity contribution in [1.29, 1.82) is 0 Å². The van der Waals surface area contributed by atoms with E-state index in [9.17, 15) is 25.2 Å². The van der Waals surface area contributed by atoms with Crippen LogP contribution in [0.15, 0.2) is 24.3 Å². The molecule has 0 aliphatic rings. The van der Waals surface area contributed by atoms with Gasteiger partial charge in [0.1, 0.15) is 12.2 Å². The molecule has 0 fully saturated rings. The van der Waals surface area contributed by atoms with E-state index >= 15 is 0 Å². The van der Waals surface area contributed by atoms with Crippen LogP contribution in [-0.4, -0.2) is 57.3 Å². The summed E-state index contributed by atoms with van der Waals surface area (Å²) < 4.78 is 0. The number of hydrogen-bond donors (Lipinski definition) is 5. The molecule has 0 rings (SSSR count). The van der Waals surface area contributed by atoms with Gasteiger partial charge in [0.05, 0.1) is 18.8 Å². The Hall–Kier alpha value is -1.21. The van der Waals surface area contributed by atoms with Gasteiger partial charge in [-0.1, -0.05) is 301 Å². The summed E-state index contributed by atoms with van der Waals surface area (Å²) in [6, 6.07) is -1.01. The third kappa shape index (κ3) is 49.6. The maximum absolute atomic E-state index is 12.6. The largest absolute Gasteiger partial charge is 0.394 e. The van der Waals surface area contributed by atoms with Crippen molar-refractivity contribution in [2.45, 2.75) is 353 Å². The van der Waals surface area contributed by atoms with Crippen LogP contribution in [0.2, 0.25) is 0 Å². The zero-order valence-corrected chi connectivity index (χ0v) is 45.2. The molecular weight excluding hydrogens is 827 g/mol. The second-order valence-corrected chi connectivity index (χ2v) is 21.0. The van der Waals surface area contributed by atoms with E-state index in [1.807, 2.05) is 0 Å². The van der Waals surface area contributed by atoms with Crippen LogP contribution in [0.3, 0.4) is 0 Å². The monoisotopic (exact) mass is 946 g/mol. The minimum absolute atomic E-state index is 0.365. The molecule has 0 spiro atoms. The first-order valence-electron chi connectivity index (χ1n) is 30.2. The molecule has 0 aromatic heterocycles. The van der Waals surface area contributed by atoms with Crippen LogP contribution >= 0.6 is 0 Å². The van der Waals surface area contributed by atoms with Crippen LogP contribution in [0.4, 0.5) is 0 Å². The lowest BCUT2D eigenvalue weighted by Gasteiger charge is -2.27. The number of amides is 1. The van der Waals surface area contributed by atoms with Crippen molar-refractivity contribution in [3.8, 4) is 0 Å². The molecule has 398 valence electrons. The SMILES string of the molecule is CCCCCCCCCCCCCCCCC/C=C/CC/C=C/CCCC(O)C(O)C(CO)NC(=O)C(O)CCCCCCCCCCCCCCCCCCCCCCCCCCCCC. The van der Waals surface area contributed by atoms with Crippen molar-refractivity contribution in [1.82, 2.24) is 5.32 Å². The molecule has 0 aliphatic heterocycles. The third-order valence-corrected chi connectivity index (χ3v) is 14.4. The van der Waals surface area contributed by atoms with Gasteiger partial charge in [0, 0.05) is 0 Å². The van der Waals surface area contributed by atoms with Gasteiger partial charge < -0.3 is 25.7 Å². The molecule has 6 heteroatoms. The quantitative estimate of drug-likeness (QED) is 0.0308. The van der Waals surface area contributed by atoms with Crippen molar-refractivity contribution in [3.05, 3.63) is 24.3 Å². The lowest BCUT2D eigenvalue weighted by Crippen LogP contribution is -2.53. The number of aliphatic hydroxyl groups is 4. The summed E-state index contributed by atoms with van der Waals surface area (Å²) in [5, 5.41) is 44.0. The highest BCUT2D eigenvalue weighted by Crippen LogP contribution is 2.18. The summed E-state index contributed by atoms with van der Waals surface area (Å²) in [5.74, 6) is -0.591. The standard InChI is InChI=1S/C61H119NO5/c1-3-5-7-9-11-13-15-17-19-21-23-25-27-29-30-31-33-35-37-39-41-43-45-47-49-51-53-55-59(65)61(67)62-57(56-63)60(66)58(64)54-52-50-48-46-44-42-40-38-36-34-32-28-26-24-22-20-18-16-14-12-10-8-6-4-2/h38,40,46,48,57-60,63-66H,3-37,39,41-45,47,49-56H2,1-2H3,(H,62,67)/b40-38+,48-46+. The lowest BCUT2D eigenvalue weighted by atomic mass is 10.00. The lowest BCUT2D eigenvalue weighted by molar-refractivity contribution is -0.132. The van der Waals surface area contributed by atoms with E-state index in [0.29, 0.717) is 19.3 Å². The molecule has 0 aromatic carbocycles. The average molecular weight is 947 g/mol. The van der Waals surface area contributed by atoms with E-state index in [-0.39, 0.29) is 0 Å². The number of nitrogens with one attached hydrogen (secondary N) is 1. The molecule has 4 unspecified atom stereocenters. The Labute approximate surface area is 418 Å². The van der Waals surface area contributed by atoms with Gasteiger partial charge in [0.25, 0.3) is 0 Å². The highest BCUT2D eigenvalue weighted by Gasteiger charge is 2.28. The van der Waals surface area contributed by atoms with E-state index in [0.717, 1.165) is 38.5 Å². The summed E-state index contributed by atoms with van der Waals surface area (Å²) in [7, 11) is 0. The Morgan fingerprint density at radius 2 is 0.627 bits per heavy atom. The molecule has 0 aliphatic carbocycles. The van der Waals surface area contributed by atoms with Crippen molar-refractivity contribution >= 4 is 5.91 Å². The summed E-state index contributed by atoms with van der Waals surface area (Å²) in [4.78, 5) is 12.6. The first-order valence-corrected chi connectivity index (χ1v) is 30.2. The zero-order valence-electron chi connectivity index (χ0n) is 45.2. The maximum atomic E-state index is 12.6. The molecule has 0 saturated heterocycles. The van der Waals surface area contributed by atoms with Crippen LogP contribution in [-0.2, 0) is 4.79 Å². The number of carbonyl (C=O) groups is 1. The summed E-state index contributed by atoms with van der Waals surface area (Å²) in [6.45, 7) is 4.08. The number of unbranched alkanes of at least 4 members (excludes halogenated alkanes) is 43. The predicted octanol–water partition coefficient (Wildman–Crippen LogP) is 17.8. The van der Waals surface area contributed by atoms with E-state index in [1.165, 1.54) is 257 Å². The van der Waals surface area contributed by atoms with E-state index in [2.05, 4.69) is 43.5 Å². The molecule has 5 N–H and O–H groups in total. The van der Waals surface area contributed by atoms with Crippen molar-refractivity contribution in [2.75, 3.05) is 6.61 Å². The van der Waals surface area contributed by atoms with Crippen molar-refractivity contribution in [3.63, 3.8) is 0 Å². The highest BCUT2D eigenvalue weighted by molar-refractivity contribution is 5.80. The maximum Gasteiger partial charge on any atom is 0.249 e. The van der Waals surface area contributed by atoms with Crippen LogP contribution in [0.5, 0.6) is 0 Å². The first kappa shape index (κ1) is 65.8. The molecule has 1 amide bonds. The second-order valence-electron chi connectivity index (χ2n) is 21.0. The van der Waals surface area contributed by atoms with Gasteiger partial charge in [-0.2, -0.15) is 0 Å². The van der Waals surface area contributed by atoms with Crippen LogP contribution in [0.1, 0.15) is 328 Å². The molecule has 67 heavy (non-hydrogen) atoms. The van der Waals surface area contributed by atoms with Gasteiger partial charge in [-0.15, -0.1) is 0 Å². The number of aliphatic hydroxyl groups excluding tert-OH is 4. The zero-order chi connectivity index (χ0) is 48.8. The number of hydrogen-bond acceptors (Lipinski definition) is 5. The van der Waals surface area contributed by atoms with E-state index in [1.54, 1.807) is 0 Å². The minimum atomic E-state index is -1.29. The summed E-state index contributed by atoms with van der Waals surface area (Å²) >= 11 is 0. The fourth-order valence-electron chi connectivity index (χ4n) is 9.66. The Bertz CT molecular complexity index is 1020. The highest BCUT2D eigenvalue weighted by atomic mass is 16.3. The molecule has 0 saturated carbocycles.